The zero-order chi connectivity index (χ0) is 28.0. The van der Waals surface area contributed by atoms with Crippen molar-refractivity contribution in [1.82, 2.24) is 14.8 Å². The third kappa shape index (κ3) is 7.34. The molecule has 39 heavy (non-hydrogen) atoms. The Morgan fingerprint density at radius 1 is 1.05 bits per heavy atom. The SMILES string of the molecule is CCN1CCN(Cc2ccc(NC(=O)COc3ccc(-c4ccc(C)nc4C#N)cc3)cc2C(F)(F)F)CC1. The summed E-state index contributed by atoms with van der Waals surface area (Å²) in [6.45, 7) is 7.72. The molecule has 0 atom stereocenters. The molecule has 3 aromatic rings. The van der Waals surface area contributed by atoms with Crippen molar-refractivity contribution in [1.29, 1.82) is 5.26 Å². The Labute approximate surface area is 225 Å². The van der Waals surface area contributed by atoms with E-state index >= 15 is 0 Å². The van der Waals surface area contributed by atoms with E-state index in [1.165, 1.54) is 12.1 Å². The van der Waals surface area contributed by atoms with Crippen LogP contribution in [0.3, 0.4) is 0 Å². The quantitative estimate of drug-likeness (QED) is 0.431. The van der Waals surface area contributed by atoms with Gasteiger partial charge in [0.15, 0.2) is 6.61 Å². The van der Waals surface area contributed by atoms with Crippen molar-refractivity contribution < 1.29 is 22.7 Å². The number of nitrogens with zero attached hydrogens (tertiary/aromatic N) is 4. The third-order valence-corrected chi connectivity index (χ3v) is 6.68. The van der Waals surface area contributed by atoms with Crippen LogP contribution in [0.1, 0.15) is 29.4 Å². The predicted molar refractivity (Wildman–Crippen MR) is 142 cm³/mol. The second kappa shape index (κ2) is 12.3. The van der Waals surface area contributed by atoms with Gasteiger partial charge >= 0.3 is 6.18 Å². The van der Waals surface area contributed by atoms with Crippen LogP contribution in [-0.4, -0.2) is 60.0 Å². The molecule has 7 nitrogen and oxygen atoms in total. The lowest BCUT2D eigenvalue weighted by atomic mass is 10.0. The molecule has 0 bridgehead atoms. The molecule has 204 valence electrons. The van der Waals surface area contributed by atoms with Crippen LogP contribution >= 0.6 is 0 Å². The van der Waals surface area contributed by atoms with Crippen molar-refractivity contribution in [2.45, 2.75) is 26.6 Å². The first-order chi connectivity index (χ1) is 18.7. The molecule has 1 fully saturated rings. The number of likely N-dealkylation sites (N-methyl/N-ethyl adjacent to an activating group) is 1. The minimum Gasteiger partial charge on any atom is -0.484 e. The number of alkyl halides is 3. The topological polar surface area (TPSA) is 81.5 Å². The number of pyridine rings is 1. The highest BCUT2D eigenvalue weighted by atomic mass is 19.4. The van der Waals surface area contributed by atoms with Crippen molar-refractivity contribution >= 4 is 11.6 Å². The molecule has 0 unspecified atom stereocenters. The van der Waals surface area contributed by atoms with Gasteiger partial charge in [-0.2, -0.15) is 18.4 Å². The number of nitriles is 1. The van der Waals surface area contributed by atoms with Gasteiger partial charge in [-0.3, -0.25) is 9.69 Å². The molecule has 1 saturated heterocycles. The molecule has 0 aliphatic carbocycles. The van der Waals surface area contributed by atoms with Crippen molar-refractivity contribution in [2.75, 3.05) is 44.6 Å². The smallest absolute Gasteiger partial charge is 0.416 e. The van der Waals surface area contributed by atoms with E-state index in [-0.39, 0.29) is 24.4 Å². The van der Waals surface area contributed by atoms with Gasteiger partial charge in [0.2, 0.25) is 0 Å². The van der Waals surface area contributed by atoms with E-state index in [9.17, 15) is 23.2 Å². The standard InChI is InChI=1S/C29H30F3N5O2/c1-3-36-12-14-37(15-13-36)18-22-5-8-23(16-26(22)29(30,31)32)35-28(38)19-39-24-9-6-21(7-10-24)25-11-4-20(2)34-27(25)17-33/h4-11,16H,3,12-15,18-19H2,1-2H3,(H,35,38). The maximum Gasteiger partial charge on any atom is 0.416 e. The normalized spacial score (nSPS) is 14.6. The van der Waals surface area contributed by atoms with Gasteiger partial charge in [0.05, 0.1) is 5.56 Å². The second-order valence-corrected chi connectivity index (χ2v) is 9.40. The summed E-state index contributed by atoms with van der Waals surface area (Å²) < 4.78 is 47.0. The lowest BCUT2D eigenvalue weighted by Crippen LogP contribution is -2.45. The Bertz CT molecular complexity index is 1340. The third-order valence-electron chi connectivity index (χ3n) is 6.68. The summed E-state index contributed by atoms with van der Waals surface area (Å²) in [4.78, 5) is 21.0. The zero-order valence-corrected chi connectivity index (χ0v) is 21.9. The number of piperazine rings is 1. The monoisotopic (exact) mass is 537 g/mol. The summed E-state index contributed by atoms with van der Waals surface area (Å²) in [7, 11) is 0. The fourth-order valence-corrected chi connectivity index (χ4v) is 4.51. The van der Waals surface area contributed by atoms with Crippen LogP contribution in [0, 0.1) is 18.3 Å². The summed E-state index contributed by atoms with van der Waals surface area (Å²) in [6.07, 6.45) is -4.54. The van der Waals surface area contributed by atoms with Crippen molar-refractivity contribution in [3.05, 3.63) is 77.1 Å². The summed E-state index contributed by atoms with van der Waals surface area (Å²) in [6, 6.07) is 16.4. The van der Waals surface area contributed by atoms with Gasteiger partial charge in [-0.25, -0.2) is 4.98 Å². The number of hydrogen-bond donors (Lipinski definition) is 1. The Balaban J connectivity index is 1.37. The van der Waals surface area contributed by atoms with Gasteiger partial charge in [0, 0.05) is 49.7 Å². The first-order valence-corrected chi connectivity index (χ1v) is 12.7. The van der Waals surface area contributed by atoms with Crippen LogP contribution in [0.2, 0.25) is 0 Å². The van der Waals surface area contributed by atoms with Crippen molar-refractivity contribution in [3.8, 4) is 22.9 Å². The highest BCUT2D eigenvalue weighted by molar-refractivity contribution is 5.92. The molecule has 1 N–H and O–H groups in total. The number of hydrogen-bond acceptors (Lipinski definition) is 6. The maximum atomic E-state index is 13.8. The van der Waals surface area contributed by atoms with Crippen LogP contribution in [0.5, 0.6) is 5.75 Å². The molecule has 2 aromatic carbocycles. The molecule has 2 heterocycles. The van der Waals surface area contributed by atoms with Crippen LogP contribution in [0.25, 0.3) is 11.1 Å². The lowest BCUT2D eigenvalue weighted by Gasteiger charge is -2.34. The first kappa shape index (κ1) is 28.1. The number of anilines is 1. The average Bonchev–Trinajstić information content (AvgIpc) is 2.93. The fourth-order valence-electron chi connectivity index (χ4n) is 4.51. The van der Waals surface area contributed by atoms with E-state index in [2.05, 4.69) is 28.2 Å². The Hall–Kier alpha value is -3.94. The Morgan fingerprint density at radius 2 is 1.74 bits per heavy atom. The molecule has 4 rings (SSSR count). The number of amides is 1. The summed E-state index contributed by atoms with van der Waals surface area (Å²) >= 11 is 0. The van der Waals surface area contributed by atoms with Gasteiger partial charge in [-0.05, 0) is 61.0 Å². The number of ether oxygens (including phenoxy) is 1. The predicted octanol–water partition coefficient (Wildman–Crippen LogP) is 5.10. The summed E-state index contributed by atoms with van der Waals surface area (Å²) in [5.74, 6) is -0.174. The number of carbonyl (C=O) groups is 1. The summed E-state index contributed by atoms with van der Waals surface area (Å²) in [5, 5.41) is 11.8. The van der Waals surface area contributed by atoms with E-state index in [1.807, 2.05) is 17.0 Å². The number of rotatable bonds is 8. The van der Waals surface area contributed by atoms with E-state index in [0.29, 0.717) is 30.1 Å². The fraction of sp³-hybridized carbons (Fsp3) is 0.345. The van der Waals surface area contributed by atoms with Crippen molar-refractivity contribution in [3.63, 3.8) is 0 Å². The summed E-state index contributed by atoms with van der Waals surface area (Å²) in [5.41, 5.74) is 1.99. The van der Waals surface area contributed by atoms with E-state index in [4.69, 9.17) is 4.74 Å². The van der Waals surface area contributed by atoms with E-state index < -0.39 is 17.6 Å². The van der Waals surface area contributed by atoms with Crippen LogP contribution in [-0.2, 0) is 17.5 Å². The van der Waals surface area contributed by atoms with Gasteiger partial charge < -0.3 is 15.0 Å². The van der Waals surface area contributed by atoms with E-state index in [0.717, 1.165) is 37.0 Å². The Morgan fingerprint density at radius 3 is 2.38 bits per heavy atom. The molecular weight excluding hydrogens is 507 g/mol. The highest BCUT2D eigenvalue weighted by Gasteiger charge is 2.34. The number of carbonyl (C=O) groups excluding carboxylic acids is 1. The number of nitrogens with one attached hydrogen (secondary N) is 1. The largest absolute Gasteiger partial charge is 0.484 e. The van der Waals surface area contributed by atoms with Crippen LogP contribution < -0.4 is 10.1 Å². The van der Waals surface area contributed by atoms with Crippen molar-refractivity contribution in [2.24, 2.45) is 0 Å². The molecule has 1 aliphatic heterocycles. The maximum absolute atomic E-state index is 13.8. The van der Waals surface area contributed by atoms with Crippen LogP contribution in [0.15, 0.2) is 54.6 Å². The Kier molecular flexibility index (Phi) is 8.84. The molecular formula is C29H30F3N5O2. The molecule has 10 heteroatoms. The minimum absolute atomic E-state index is 0.0572. The zero-order valence-electron chi connectivity index (χ0n) is 21.9. The molecule has 0 saturated carbocycles. The van der Waals surface area contributed by atoms with Gasteiger partial charge in [0.1, 0.15) is 17.5 Å². The highest BCUT2D eigenvalue weighted by Crippen LogP contribution is 2.34. The van der Waals surface area contributed by atoms with Gasteiger partial charge in [0.25, 0.3) is 5.91 Å². The van der Waals surface area contributed by atoms with Gasteiger partial charge in [-0.1, -0.05) is 25.1 Å². The average molecular weight is 538 g/mol. The number of halogens is 3. The molecule has 1 aliphatic rings. The van der Waals surface area contributed by atoms with Crippen LogP contribution in [0.4, 0.5) is 18.9 Å². The first-order valence-electron chi connectivity index (χ1n) is 12.7. The minimum atomic E-state index is -4.54. The number of aryl methyl sites for hydroxylation is 1. The molecule has 0 spiro atoms. The second-order valence-electron chi connectivity index (χ2n) is 9.40. The molecule has 1 aromatic heterocycles. The lowest BCUT2D eigenvalue weighted by molar-refractivity contribution is -0.138. The molecule has 1 amide bonds. The van der Waals surface area contributed by atoms with E-state index in [1.54, 1.807) is 31.2 Å². The van der Waals surface area contributed by atoms with Gasteiger partial charge in [-0.15, -0.1) is 0 Å². The number of aromatic nitrogens is 1. The molecule has 0 radical (unpaired) electrons. The number of benzene rings is 2.